The Hall–Kier alpha value is -1.86. The van der Waals surface area contributed by atoms with Crippen LogP contribution in [0.15, 0.2) is 23.2 Å². The van der Waals surface area contributed by atoms with Crippen LogP contribution in [0.25, 0.3) is 0 Å². The van der Waals surface area contributed by atoms with Gasteiger partial charge in [0.25, 0.3) is 0 Å². The van der Waals surface area contributed by atoms with Crippen molar-refractivity contribution in [2.45, 2.75) is 44.8 Å². The highest BCUT2D eigenvalue weighted by Crippen LogP contribution is 2.30. The lowest BCUT2D eigenvalue weighted by molar-refractivity contribution is 0.0191. The Kier molecular flexibility index (Phi) is 7.91. The topological polar surface area (TPSA) is 64.1 Å². The fraction of sp³-hybridized carbons (Fsp3) is 0.667. The van der Waals surface area contributed by atoms with Crippen LogP contribution in [0.5, 0.6) is 5.75 Å². The summed E-state index contributed by atoms with van der Waals surface area (Å²) in [4.78, 5) is 4.22. The number of ether oxygens (including phenoxy) is 3. The van der Waals surface area contributed by atoms with Crippen molar-refractivity contribution in [3.05, 3.63) is 29.6 Å². The van der Waals surface area contributed by atoms with Crippen molar-refractivity contribution < 1.29 is 18.6 Å². The first-order valence-corrected chi connectivity index (χ1v) is 10.2. The summed E-state index contributed by atoms with van der Waals surface area (Å²) < 4.78 is 31.0. The Morgan fingerprint density at radius 2 is 2.18 bits per heavy atom. The zero-order chi connectivity index (χ0) is 19.8. The molecular weight excluding hydrogens is 361 g/mol. The van der Waals surface area contributed by atoms with E-state index in [0.717, 1.165) is 25.0 Å². The largest absolute Gasteiger partial charge is 0.490 e. The predicted molar refractivity (Wildman–Crippen MR) is 107 cm³/mol. The highest BCUT2D eigenvalue weighted by Gasteiger charge is 2.22. The Bertz CT molecular complexity index is 646. The van der Waals surface area contributed by atoms with Gasteiger partial charge in [-0.2, -0.15) is 0 Å². The van der Waals surface area contributed by atoms with E-state index in [0.29, 0.717) is 44.0 Å². The van der Waals surface area contributed by atoms with Crippen molar-refractivity contribution in [3.8, 4) is 5.75 Å². The highest BCUT2D eigenvalue weighted by atomic mass is 19.1. The second kappa shape index (κ2) is 10.6. The van der Waals surface area contributed by atoms with E-state index in [-0.39, 0.29) is 18.0 Å². The normalized spacial score (nSPS) is 20.8. The molecule has 1 saturated carbocycles. The van der Waals surface area contributed by atoms with Crippen molar-refractivity contribution in [1.29, 1.82) is 0 Å². The zero-order valence-corrected chi connectivity index (χ0v) is 16.9. The van der Waals surface area contributed by atoms with Gasteiger partial charge in [-0.1, -0.05) is 6.07 Å². The molecule has 1 aromatic carbocycles. The van der Waals surface area contributed by atoms with E-state index in [2.05, 4.69) is 15.6 Å². The van der Waals surface area contributed by atoms with Crippen LogP contribution < -0.4 is 15.4 Å². The molecule has 0 radical (unpaired) electrons. The Morgan fingerprint density at radius 1 is 1.32 bits per heavy atom. The first-order valence-electron chi connectivity index (χ1n) is 10.2. The molecule has 7 heteroatoms. The van der Waals surface area contributed by atoms with Crippen LogP contribution in [0.2, 0.25) is 0 Å². The summed E-state index contributed by atoms with van der Waals surface area (Å²) in [6.07, 6.45) is 4.81. The standard InChI is InChI=1S/C21H32FN3O3/c1-15(17-7-8-20(19(22)12-17)28-13-16-5-6-16)25-21(23-2)24-9-11-26-14-18-4-3-10-27-18/h7-8,12,15-16,18H,3-6,9-11,13-14H2,1-2H3,(H2,23,24,25). The molecule has 0 spiro atoms. The number of rotatable bonds is 10. The van der Waals surface area contributed by atoms with Crippen LogP contribution >= 0.6 is 0 Å². The third-order valence-electron chi connectivity index (χ3n) is 5.07. The molecule has 0 aromatic heterocycles. The number of guanidine groups is 1. The van der Waals surface area contributed by atoms with Gasteiger partial charge in [0.05, 0.1) is 32.0 Å². The average Bonchev–Trinajstić information content (AvgIpc) is 3.38. The minimum absolute atomic E-state index is 0.0917. The van der Waals surface area contributed by atoms with Crippen LogP contribution in [0.4, 0.5) is 4.39 Å². The van der Waals surface area contributed by atoms with Gasteiger partial charge in [-0.05, 0) is 56.2 Å². The van der Waals surface area contributed by atoms with Crippen molar-refractivity contribution in [3.63, 3.8) is 0 Å². The maximum Gasteiger partial charge on any atom is 0.191 e. The first kappa shape index (κ1) is 20.9. The zero-order valence-electron chi connectivity index (χ0n) is 16.9. The summed E-state index contributed by atoms with van der Waals surface area (Å²) in [6, 6.07) is 5.03. The second-order valence-electron chi connectivity index (χ2n) is 7.52. The van der Waals surface area contributed by atoms with E-state index < -0.39 is 0 Å². The molecule has 2 fully saturated rings. The van der Waals surface area contributed by atoms with Crippen LogP contribution in [-0.4, -0.2) is 52.1 Å². The van der Waals surface area contributed by atoms with Crippen LogP contribution in [0.1, 0.15) is 44.2 Å². The molecular formula is C21H32FN3O3. The molecule has 156 valence electrons. The number of nitrogens with zero attached hydrogens (tertiary/aromatic N) is 1. The summed E-state index contributed by atoms with van der Waals surface area (Å²) in [7, 11) is 1.71. The molecule has 0 amide bonds. The van der Waals surface area contributed by atoms with E-state index in [9.17, 15) is 4.39 Å². The maximum atomic E-state index is 14.3. The molecule has 2 atom stereocenters. The fourth-order valence-electron chi connectivity index (χ4n) is 3.11. The van der Waals surface area contributed by atoms with Gasteiger partial charge in [-0.25, -0.2) is 4.39 Å². The number of halogens is 1. The Morgan fingerprint density at radius 3 is 2.86 bits per heavy atom. The lowest BCUT2D eigenvalue weighted by Crippen LogP contribution is -2.40. The molecule has 6 nitrogen and oxygen atoms in total. The fourth-order valence-corrected chi connectivity index (χ4v) is 3.11. The summed E-state index contributed by atoms with van der Waals surface area (Å²) >= 11 is 0. The molecule has 3 rings (SSSR count). The number of nitrogens with one attached hydrogen (secondary N) is 2. The van der Waals surface area contributed by atoms with E-state index in [4.69, 9.17) is 14.2 Å². The molecule has 1 aliphatic carbocycles. The van der Waals surface area contributed by atoms with Gasteiger partial charge >= 0.3 is 0 Å². The van der Waals surface area contributed by atoms with E-state index >= 15 is 0 Å². The molecule has 0 bridgehead atoms. The monoisotopic (exact) mass is 393 g/mol. The highest BCUT2D eigenvalue weighted by molar-refractivity contribution is 5.80. The number of benzene rings is 1. The van der Waals surface area contributed by atoms with Crippen molar-refractivity contribution in [2.24, 2.45) is 10.9 Å². The lowest BCUT2D eigenvalue weighted by atomic mass is 10.1. The SMILES string of the molecule is CN=C(NCCOCC1CCCO1)NC(C)c1ccc(OCC2CC2)c(F)c1. The van der Waals surface area contributed by atoms with Gasteiger partial charge in [0.15, 0.2) is 17.5 Å². The van der Waals surface area contributed by atoms with Crippen molar-refractivity contribution in [2.75, 3.05) is 40.0 Å². The van der Waals surface area contributed by atoms with E-state index in [1.165, 1.54) is 18.9 Å². The van der Waals surface area contributed by atoms with Crippen LogP contribution in [0, 0.1) is 11.7 Å². The van der Waals surface area contributed by atoms with Gasteiger partial charge in [0, 0.05) is 20.2 Å². The molecule has 28 heavy (non-hydrogen) atoms. The minimum Gasteiger partial charge on any atom is -0.490 e. The summed E-state index contributed by atoms with van der Waals surface area (Å²) in [5.74, 6) is 1.26. The van der Waals surface area contributed by atoms with Gasteiger partial charge in [-0.3, -0.25) is 4.99 Å². The Balaban J connectivity index is 1.38. The summed E-state index contributed by atoms with van der Waals surface area (Å²) in [5, 5.41) is 6.49. The third-order valence-corrected chi connectivity index (χ3v) is 5.07. The first-order chi connectivity index (χ1) is 13.7. The molecule has 2 unspecified atom stereocenters. The molecule has 1 aliphatic heterocycles. The van der Waals surface area contributed by atoms with Crippen molar-refractivity contribution >= 4 is 5.96 Å². The molecule has 2 aliphatic rings. The predicted octanol–water partition coefficient (Wildman–Crippen LogP) is 3.04. The average molecular weight is 394 g/mol. The van der Waals surface area contributed by atoms with E-state index in [1.54, 1.807) is 13.1 Å². The maximum absolute atomic E-state index is 14.3. The van der Waals surface area contributed by atoms with Gasteiger partial charge < -0.3 is 24.8 Å². The number of aliphatic imine (C=N–C) groups is 1. The molecule has 1 heterocycles. The molecule has 2 N–H and O–H groups in total. The summed E-state index contributed by atoms with van der Waals surface area (Å²) in [6.45, 7) is 5.28. The lowest BCUT2D eigenvalue weighted by Gasteiger charge is -2.19. The van der Waals surface area contributed by atoms with Gasteiger partial charge in [-0.15, -0.1) is 0 Å². The second-order valence-corrected chi connectivity index (χ2v) is 7.52. The smallest absolute Gasteiger partial charge is 0.191 e. The van der Waals surface area contributed by atoms with E-state index in [1.807, 2.05) is 13.0 Å². The number of hydrogen-bond donors (Lipinski definition) is 2. The molecule has 1 aromatic rings. The Labute approximate surface area is 166 Å². The quantitative estimate of drug-likeness (QED) is 0.363. The third kappa shape index (κ3) is 6.63. The van der Waals surface area contributed by atoms with Gasteiger partial charge in [0.2, 0.25) is 0 Å². The summed E-state index contributed by atoms with van der Waals surface area (Å²) in [5.41, 5.74) is 0.842. The number of hydrogen-bond acceptors (Lipinski definition) is 4. The molecule has 1 saturated heterocycles. The van der Waals surface area contributed by atoms with Crippen LogP contribution in [-0.2, 0) is 9.47 Å². The van der Waals surface area contributed by atoms with Gasteiger partial charge in [0.1, 0.15) is 0 Å². The van der Waals surface area contributed by atoms with Crippen molar-refractivity contribution in [1.82, 2.24) is 10.6 Å². The van der Waals surface area contributed by atoms with Crippen LogP contribution in [0.3, 0.4) is 0 Å². The minimum atomic E-state index is -0.322.